The molecule has 0 aromatic rings. The van der Waals surface area contributed by atoms with Crippen molar-refractivity contribution < 1.29 is 38.1 Å². The van der Waals surface area contributed by atoms with Crippen LogP contribution in [0.25, 0.3) is 0 Å². The quantitative estimate of drug-likeness (QED) is 0.636. The Balaban J connectivity index is 1.78. The number of hydrogen-bond acceptors (Lipinski definition) is 6. The zero-order valence-corrected chi connectivity index (χ0v) is 18.5. The van der Waals surface area contributed by atoms with Crippen LogP contribution >= 0.6 is 0 Å². The number of carbonyl (C=O) groups is 3. The van der Waals surface area contributed by atoms with Crippen molar-refractivity contribution in [1.82, 2.24) is 0 Å². The minimum absolute atomic E-state index is 0.0874. The van der Waals surface area contributed by atoms with Crippen LogP contribution in [0.1, 0.15) is 46.5 Å². The number of hydrogen-bond donors (Lipinski definition) is 2. The third-order valence-corrected chi connectivity index (χ3v) is 8.63. The van der Waals surface area contributed by atoms with Gasteiger partial charge in [0.2, 0.25) is 5.78 Å². The molecule has 0 aliphatic heterocycles. The molecule has 3 unspecified atom stereocenters. The van der Waals surface area contributed by atoms with Crippen LogP contribution in [0.2, 0.25) is 0 Å². The summed E-state index contributed by atoms with van der Waals surface area (Å²) in [6.07, 6.45) is -0.345. The van der Waals surface area contributed by atoms with Crippen molar-refractivity contribution in [2.75, 3.05) is 6.61 Å². The highest BCUT2D eigenvalue weighted by Crippen LogP contribution is 2.67. The van der Waals surface area contributed by atoms with Gasteiger partial charge in [0.1, 0.15) is 18.9 Å². The summed E-state index contributed by atoms with van der Waals surface area (Å²) in [4.78, 5) is 36.7. The molecule has 9 atom stereocenters. The summed E-state index contributed by atoms with van der Waals surface area (Å²) in [5.41, 5.74) is -2.19. The van der Waals surface area contributed by atoms with Gasteiger partial charge in [-0.05, 0) is 42.6 Å². The highest BCUT2D eigenvalue weighted by atomic mass is 19.1. The lowest BCUT2D eigenvalue weighted by atomic mass is 9.46. The van der Waals surface area contributed by atoms with Gasteiger partial charge in [0.25, 0.3) is 0 Å². The van der Waals surface area contributed by atoms with Crippen molar-refractivity contribution in [1.29, 1.82) is 0 Å². The second-order valence-corrected chi connectivity index (χ2v) is 10.2. The zero-order chi connectivity index (χ0) is 23.6. The van der Waals surface area contributed by atoms with Crippen LogP contribution < -0.4 is 0 Å². The van der Waals surface area contributed by atoms with Crippen LogP contribution in [0.4, 0.5) is 8.78 Å². The first-order valence-electron chi connectivity index (χ1n) is 11.3. The van der Waals surface area contributed by atoms with Crippen molar-refractivity contribution in [3.63, 3.8) is 0 Å². The topological polar surface area (TPSA) is 101 Å². The van der Waals surface area contributed by atoms with Gasteiger partial charge in [-0.3, -0.25) is 14.4 Å². The number of Topliss-reactive ketones (excluding diaryl/α,β-unsaturated/α-hetero) is 1. The molecule has 0 heterocycles. The number of carbonyl (C=O) groups excluding carboxylic acids is 3. The number of fused-ring (bicyclic) bond motifs is 5. The molecule has 8 heteroatoms. The molecule has 4 aliphatic carbocycles. The van der Waals surface area contributed by atoms with E-state index in [9.17, 15) is 29.0 Å². The number of halogens is 2. The molecule has 4 aliphatic rings. The molecule has 32 heavy (non-hydrogen) atoms. The third kappa shape index (κ3) is 3.13. The number of esters is 1. The summed E-state index contributed by atoms with van der Waals surface area (Å²) in [5, 5.41) is 20.9. The minimum Gasteiger partial charge on any atom is -0.462 e. The molecule has 6 nitrogen and oxygen atoms in total. The number of aliphatic hydroxyl groups excluding tert-OH is 2. The summed E-state index contributed by atoms with van der Waals surface area (Å²) in [7, 11) is 0. The fraction of sp³-hybridized carbons (Fsp3) is 0.708. The minimum atomic E-state index is -1.70. The largest absolute Gasteiger partial charge is 0.462 e. The maximum Gasteiger partial charge on any atom is 0.305 e. The number of aliphatic hydroxyl groups is 2. The van der Waals surface area contributed by atoms with E-state index in [4.69, 9.17) is 4.74 Å². The summed E-state index contributed by atoms with van der Waals surface area (Å²) in [5.74, 6) is -4.96. The Hall–Kier alpha value is -1.93. The van der Waals surface area contributed by atoms with E-state index in [0.29, 0.717) is 6.42 Å². The van der Waals surface area contributed by atoms with Crippen molar-refractivity contribution in [2.24, 2.45) is 34.5 Å². The molecular formula is C24H30F2O6. The van der Waals surface area contributed by atoms with Gasteiger partial charge in [0.05, 0.1) is 12.0 Å². The fourth-order valence-electron chi connectivity index (χ4n) is 7.47. The van der Waals surface area contributed by atoms with E-state index in [-0.39, 0.29) is 30.8 Å². The van der Waals surface area contributed by atoms with Crippen LogP contribution in [-0.4, -0.2) is 52.7 Å². The van der Waals surface area contributed by atoms with E-state index in [0.717, 1.165) is 6.08 Å². The van der Waals surface area contributed by atoms with Gasteiger partial charge in [-0.25, -0.2) is 8.78 Å². The first-order valence-corrected chi connectivity index (χ1v) is 11.3. The van der Waals surface area contributed by atoms with E-state index in [2.05, 4.69) is 0 Å². The van der Waals surface area contributed by atoms with Crippen molar-refractivity contribution in [2.45, 2.75) is 64.8 Å². The average molecular weight is 452 g/mol. The predicted molar refractivity (Wildman–Crippen MR) is 109 cm³/mol. The van der Waals surface area contributed by atoms with E-state index in [1.807, 2.05) is 6.92 Å². The number of ether oxygens (including phenoxy) is 1. The van der Waals surface area contributed by atoms with Crippen LogP contribution in [0.15, 0.2) is 23.6 Å². The Labute approximate surface area is 185 Å². The molecule has 0 spiro atoms. The number of alkyl halides is 1. The molecule has 0 saturated heterocycles. The SMILES string of the molecule is CCC(=O)OC1C[C@H]2[C@@H]3CC(F)C4=C(F)C(=O)C=C[C@]4(C)[C@H]3C(O)C[C@]2(C)[C@H]1C(=O)CO. The molecule has 2 N–H and O–H groups in total. The highest BCUT2D eigenvalue weighted by Gasteiger charge is 2.67. The predicted octanol–water partition coefficient (Wildman–Crippen LogP) is 2.62. The zero-order valence-electron chi connectivity index (χ0n) is 18.5. The van der Waals surface area contributed by atoms with E-state index >= 15 is 4.39 Å². The molecule has 3 saturated carbocycles. The molecule has 176 valence electrons. The number of rotatable bonds is 4. The number of allylic oxidation sites excluding steroid dienone is 4. The molecule has 0 bridgehead atoms. The highest BCUT2D eigenvalue weighted by molar-refractivity contribution is 6.04. The first kappa shape index (κ1) is 23.2. The molecule has 0 radical (unpaired) electrons. The molecule has 3 fully saturated rings. The summed E-state index contributed by atoms with van der Waals surface area (Å²) in [6.45, 7) is 4.41. The molecule has 0 aromatic heterocycles. The van der Waals surface area contributed by atoms with Gasteiger partial charge in [0.15, 0.2) is 11.6 Å². The normalized spacial score (nSPS) is 45.2. The van der Waals surface area contributed by atoms with Gasteiger partial charge >= 0.3 is 5.97 Å². The van der Waals surface area contributed by atoms with Crippen LogP contribution in [0, 0.1) is 34.5 Å². The second kappa shape index (κ2) is 7.83. The van der Waals surface area contributed by atoms with Gasteiger partial charge < -0.3 is 14.9 Å². The summed E-state index contributed by atoms with van der Waals surface area (Å²) < 4.78 is 35.7. The maximum absolute atomic E-state index is 15.4. The van der Waals surface area contributed by atoms with Gasteiger partial charge in [0, 0.05) is 23.3 Å². The molecule has 4 rings (SSSR count). The smallest absolute Gasteiger partial charge is 0.305 e. The van der Waals surface area contributed by atoms with E-state index in [1.165, 1.54) is 6.08 Å². The Morgan fingerprint density at radius 2 is 1.97 bits per heavy atom. The lowest BCUT2D eigenvalue weighted by Crippen LogP contribution is -2.58. The third-order valence-electron chi connectivity index (χ3n) is 8.63. The van der Waals surface area contributed by atoms with Crippen LogP contribution in [0.3, 0.4) is 0 Å². The fourth-order valence-corrected chi connectivity index (χ4v) is 7.47. The maximum atomic E-state index is 15.4. The average Bonchev–Trinajstić information content (AvgIpc) is 3.01. The van der Waals surface area contributed by atoms with E-state index in [1.54, 1.807) is 13.8 Å². The van der Waals surface area contributed by atoms with Crippen LogP contribution in [-0.2, 0) is 19.1 Å². The van der Waals surface area contributed by atoms with Crippen molar-refractivity contribution in [3.05, 3.63) is 23.6 Å². The molecular weight excluding hydrogens is 422 g/mol. The van der Waals surface area contributed by atoms with Crippen LogP contribution in [0.5, 0.6) is 0 Å². The van der Waals surface area contributed by atoms with Gasteiger partial charge in [-0.2, -0.15) is 0 Å². The van der Waals surface area contributed by atoms with Gasteiger partial charge in [-0.1, -0.05) is 26.8 Å². The Bertz CT molecular complexity index is 912. The van der Waals surface area contributed by atoms with Crippen molar-refractivity contribution >= 4 is 17.5 Å². The number of ketones is 2. The monoisotopic (exact) mass is 452 g/mol. The summed E-state index contributed by atoms with van der Waals surface area (Å²) in [6, 6.07) is 0. The summed E-state index contributed by atoms with van der Waals surface area (Å²) >= 11 is 0. The second-order valence-electron chi connectivity index (χ2n) is 10.2. The lowest BCUT2D eigenvalue weighted by Gasteiger charge is -2.59. The first-order chi connectivity index (χ1) is 15.0. The Morgan fingerprint density at radius 1 is 1.28 bits per heavy atom. The molecule has 0 aromatic carbocycles. The standard InChI is InChI=1S/C24H30F2O6/c1-4-18(31)32-17-8-12-11-7-13(25)20-22(26)14(28)5-6-23(20,2)19(11)15(29)9-24(12,3)21(17)16(30)10-27/h5-6,11-13,15,17,19,21,27,29H,4,7-10H2,1-3H3/t11-,12-,13?,15?,17?,19+,21-,23+,24-/m0/s1. The Kier molecular flexibility index (Phi) is 5.69. The molecule has 0 amide bonds. The van der Waals surface area contributed by atoms with Crippen molar-refractivity contribution in [3.8, 4) is 0 Å². The van der Waals surface area contributed by atoms with Gasteiger partial charge in [-0.15, -0.1) is 0 Å². The lowest BCUT2D eigenvalue weighted by molar-refractivity contribution is -0.157. The van der Waals surface area contributed by atoms with E-state index < -0.39 is 76.9 Å². The Morgan fingerprint density at radius 3 is 2.59 bits per heavy atom.